The van der Waals surface area contributed by atoms with Crippen molar-refractivity contribution < 1.29 is 18.8 Å². The SMILES string of the molecule is O=C(Nc1cccc(F)c1)c1ccc(N2CCOCC2)c([N+](=O)[O-])c1. The van der Waals surface area contributed by atoms with Crippen LogP contribution in [0.2, 0.25) is 0 Å². The van der Waals surface area contributed by atoms with E-state index in [-0.39, 0.29) is 16.9 Å². The summed E-state index contributed by atoms with van der Waals surface area (Å²) in [5.74, 6) is -1.02. The lowest BCUT2D eigenvalue weighted by Gasteiger charge is -2.28. The van der Waals surface area contributed by atoms with Crippen LogP contribution >= 0.6 is 0 Å². The molecular formula is C17H16FN3O4. The van der Waals surface area contributed by atoms with Crippen LogP contribution in [0.15, 0.2) is 42.5 Å². The molecule has 1 heterocycles. The average molecular weight is 345 g/mol. The maximum absolute atomic E-state index is 13.2. The molecule has 1 aliphatic heterocycles. The molecule has 0 aromatic heterocycles. The van der Waals surface area contributed by atoms with Gasteiger partial charge in [0.05, 0.1) is 18.1 Å². The molecule has 0 bridgehead atoms. The molecule has 0 spiro atoms. The minimum absolute atomic E-state index is 0.132. The van der Waals surface area contributed by atoms with Crippen LogP contribution in [0.1, 0.15) is 10.4 Å². The second kappa shape index (κ2) is 7.27. The molecule has 0 radical (unpaired) electrons. The second-order valence-electron chi connectivity index (χ2n) is 5.52. The third kappa shape index (κ3) is 3.92. The molecule has 1 fully saturated rings. The molecule has 0 atom stereocenters. The minimum atomic E-state index is -0.540. The fraction of sp³-hybridized carbons (Fsp3) is 0.235. The second-order valence-corrected chi connectivity index (χ2v) is 5.52. The summed E-state index contributed by atoms with van der Waals surface area (Å²) in [6.07, 6.45) is 0. The summed E-state index contributed by atoms with van der Waals surface area (Å²) in [6, 6.07) is 9.76. The number of morpholine rings is 1. The van der Waals surface area contributed by atoms with Gasteiger partial charge in [0.15, 0.2) is 0 Å². The van der Waals surface area contributed by atoms with Gasteiger partial charge < -0.3 is 15.0 Å². The summed E-state index contributed by atoms with van der Waals surface area (Å²) in [7, 11) is 0. The van der Waals surface area contributed by atoms with Crippen molar-refractivity contribution in [3.8, 4) is 0 Å². The van der Waals surface area contributed by atoms with E-state index in [4.69, 9.17) is 4.74 Å². The zero-order chi connectivity index (χ0) is 17.8. The van der Waals surface area contributed by atoms with E-state index in [2.05, 4.69) is 5.32 Å². The van der Waals surface area contributed by atoms with E-state index in [1.54, 1.807) is 6.07 Å². The normalized spacial score (nSPS) is 14.2. The summed E-state index contributed by atoms with van der Waals surface area (Å²) < 4.78 is 18.4. The van der Waals surface area contributed by atoms with Gasteiger partial charge in [0.2, 0.25) is 0 Å². The van der Waals surface area contributed by atoms with E-state index < -0.39 is 16.6 Å². The third-order valence-corrected chi connectivity index (χ3v) is 3.87. The minimum Gasteiger partial charge on any atom is -0.378 e. The van der Waals surface area contributed by atoms with Crippen LogP contribution in [-0.2, 0) is 4.74 Å². The number of carbonyl (C=O) groups is 1. The number of amides is 1. The lowest BCUT2D eigenvalue weighted by Crippen LogP contribution is -2.36. The molecule has 3 rings (SSSR count). The van der Waals surface area contributed by atoms with Crippen molar-refractivity contribution >= 4 is 23.0 Å². The van der Waals surface area contributed by atoms with Crippen LogP contribution in [0.5, 0.6) is 0 Å². The van der Waals surface area contributed by atoms with Crippen LogP contribution in [0.25, 0.3) is 0 Å². The van der Waals surface area contributed by atoms with Gasteiger partial charge in [-0.1, -0.05) is 6.07 Å². The molecule has 130 valence electrons. The molecule has 1 amide bonds. The summed E-state index contributed by atoms with van der Waals surface area (Å²) in [5.41, 5.74) is 0.724. The lowest BCUT2D eigenvalue weighted by molar-refractivity contribution is -0.384. The van der Waals surface area contributed by atoms with Crippen LogP contribution < -0.4 is 10.2 Å². The summed E-state index contributed by atoms with van der Waals surface area (Å²) in [4.78, 5) is 25.1. The summed E-state index contributed by atoms with van der Waals surface area (Å²) >= 11 is 0. The summed E-state index contributed by atoms with van der Waals surface area (Å²) in [5, 5.41) is 13.9. The van der Waals surface area contributed by atoms with Crippen molar-refractivity contribution in [1.29, 1.82) is 0 Å². The Balaban J connectivity index is 1.85. The number of nitrogens with one attached hydrogen (secondary N) is 1. The number of hydrogen-bond acceptors (Lipinski definition) is 5. The first kappa shape index (κ1) is 16.8. The van der Waals surface area contributed by atoms with Gasteiger partial charge in [-0.2, -0.15) is 0 Å². The Morgan fingerprint density at radius 2 is 1.96 bits per heavy atom. The zero-order valence-corrected chi connectivity index (χ0v) is 13.3. The number of hydrogen-bond donors (Lipinski definition) is 1. The quantitative estimate of drug-likeness (QED) is 0.680. The number of carbonyl (C=O) groups excluding carboxylic acids is 1. The first-order valence-electron chi connectivity index (χ1n) is 7.72. The molecule has 2 aromatic rings. The molecule has 1 aliphatic rings. The Morgan fingerprint density at radius 3 is 2.64 bits per heavy atom. The average Bonchev–Trinajstić information content (AvgIpc) is 2.62. The van der Waals surface area contributed by atoms with Gasteiger partial charge in [0.1, 0.15) is 11.5 Å². The molecule has 0 unspecified atom stereocenters. The van der Waals surface area contributed by atoms with Gasteiger partial charge in [-0.25, -0.2) is 4.39 Å². The van der Waals surface area contributed by atoms with Crippen LogP contribution in [0.3, 0.4) is 0 Å². The van der Waals surface area contributed by atoms with E-state index in [1.165, 1.54) is 36.4 Å². The molecule has 8 heteroatoms. The molecular weight excluding hydrogens is 329 g/mol. The number of halogens is 1. The molecule has 0 saturated carbocycles. The smallest absolute Gasteiger partial charge is 0.293 e. The Kier molecular flexibility index (Phi) is 4.90. The van der Waals surface area contributed by atoms with Crippen LogP contribution in [-0.4, -0.2) is 37.1 Å². The van der Waals surface area contributed by atoms with E-state index in [1.807, 2.05) is 4.90 Å². The Morgan fingerprint density at radius 1 is 1.20 bits per heavy atom. The van der Waals surface area contributed by atoms with Gasteiger partial charge in [0.25, 0.3) is 11.6 Å². The Labute approximate surface area is 143 Å². The number of nitro benzene ring substituents is 1. The fourth-order valence-corrected chi connectivity index (χ4v) is 2.65. The van der Waals surface area contributed by atoms with Gasteiger partial charge >= 0.3 is 0 Å². The maximum atomic E-state index is 13.2. The monoisotopic (exact) mass is 345 g/mol. The van der Waals surface area contributed by atoms with Gasteiger partial charge in [-0.3, -0.25) is 14.9 Å². The number of nitrogens with zero attached hydrogens (tertiary/aromatic N) is 2. The maximum Gasteiger partial charge on any atom is 0.293 e. The fourth-order valence-electron chi connectivity index (χ4n) is 2.65. The lowest BCUT2D eigenvalue weighted by atomic mass is 10.1. The molecule has 25 heavy (non-hydrogen) atoms. The highest BCUT2D eigenvalue weighted by Gasteiger charge is 2.23. The Hall–Kier alpha value is -3.00. The Bertz CT molecular complexity index is 806. The van der Waals surface area contributed by atoms with E-state index in [0.29, 0.717) is 32.0 Å². The van der Waals surface area contributed by atoms with Gasteiger partial charge in [-0.05, 0) is 30.3 Å². The first-order chi connectivity index (χ1) is 12.0. The number of rotatable bonds is 4. The van der Waals surface area contributed by atoms with E-state index in [9.17, 15) is 19.3 Å². The van der Waals surface area contributed by atoms with Crippen LogP contribution in [0, 0.1) is 15.9 Å². The van der Waals surface area contributed by atoms with Crippen molar-refractivity contribution in [2.45, 2.75) is 0 Å². The first-order valence-corrected chi connectivity index (χ1v) is 7.72. The standard InChI is InChI=1S/C17H16FN3O4/c18-13-2-1-3-14(11-13)19-17(22)12-4-5-15(16(10-12)21(23)24)20-6-8-25-9-7-20/h1-5,10-11H,6-9H2,(H,19,22). The van der Waals surface area contributed by atoms with Gasteiger partial charge in [-0.15, -0.1) is 0 Å². The molecule has 1 N–H and O–H groups in total. The zero-order valence-electron chi connectivity index (χ0n) is 13.3. The highest BCUT2D eigenvalue weighted by molar-refractivity contribution is 6.05. The van der Waals surface area contributed by atoms with Crippen molar-refractivity contribution in [3.63, 3.8) is 0 Å². The molecule has 0 aliphatic carbocycles. The number of benzene rings is 2. The topological polar surface area (TPSA) is 84.7 Å². The highest BCUT2D eigenvalue weighted by atomic mass is 19.1. The predicted molar refractivity (Wildman–Crippen MR) is 90.5 cm³/mol. The number of anilines is 2. The van der Waals surface area contributed by atoms with Crippen molar-refractivity contribution in [2.24, 2.45) is 0 Å². The molecule has 1 saturated heterocycles. The molecule has 7 nitrogen and oxygen atoms in total. The number of nitro groups is 1. The van der Waals surface area contributed by atoms with E-state index in [0.717, 1.165) is 0 Å². The highest BCUT2D eigenvalue weighted by Crippen LogP contribution is 2.30. The predicted octanol–water partition coefficient (Wildman–Crippen LogP) is 2.82. The van der Waals surface area contributed by atoms with Gasteiger partial charge in [0, 0.05) is 30.4 Å². The largest absolute Gasteiger partial charge is 0.378 e. The van der Waals surface area contributed by atoms with E-state index >= 15 is 0 Å². The number of ether oxygens (including phenoxy) is 1. The molecule has 2 aromatic carbocycles. The van der Waals surface area contributed by atoms with Crippen molar-refractivity contribution in [2.75, 3.05) is 36.5 Å². The van der Waals surface area contributed by atoms with Crippen LogP contribution in [0.4, 0.5) is 21.5 Å². The summed E-state index contributed by atoms with van der Waals surface area (Å²) in [6.45, 7) is 2.10. The third-order valence-electron chi connectivity index (χ3n) is 3.87. The van der Waals surface area contributed by atoms with Crippen molar-refractivity contribution in [1.82, 2.24) is 0 Å². The van der Waals surface area contributed by atoms with Crippen molar-refractivity contribution in [3.05, 3.63) is 64.0 Å².